The number of rotatable bonds is 3. The molecule has 1 aliphatic heterocycles. The summed E-state index contributed by atoms with van der Waals surface area (Å²) < 4.78 is 5.20. The van der Waals surface area contributed by atoms with E-state index in [2.05, 4.69) is 5.32 Å². The Bertz CT molecular complexity index is 636. The van der Waals surface area contributed by atoms with Crippen LogP contribution in [0.25, 0.3) is 0 Å². The van der Waals surface area contributed by atoms with E-state index in [4.69, 9.17) is 4.74 Å². The molecular formula is C17H17NO2. The van der Waals surface area contributed by atoms with E-state index in [0.717, 1.165) is 30.0 Å². The predicted molar refractivity (Wildman–Crippen MR) is 79.6 cm³/mol. The second-order valence-electron chi connectivity index (χ2n) is 4.95. The Balaban J connectivity index is 1.95. The van der Waals surface area contributed by atoms with E-state index < -0.39 is 0 Å². The van der Waals surface area contributed by atoms with E-state index in [1.54, 1.807) is 7.11 Å². The van der Waals surface area contributed by atoms with Crippen molar-refractivity contribution in [2.24, 2.45) is 0 Å². The number of benzene rings is 2. The zero-order valence-corrected chi connectivity index (χ0v) is 11.4. The van der Waals surface area contributed by atoms with Gasteiger partial charge < -0.3 is 10.1 Å². The molecule has 20 heavy (non-hydrogen) atoms. The summed E-state index contributed by atoms with van der Waals surface area (Å²) in [5.74, 6) is 0.815. The highest BCUT2D eigenvalue weighted by Crippen LogP contribution is 2.34. The van der Waals surface area contributed by atoms with Crippen molar-refractivity contribution in [3.63, 3.8) is 0 Å². The fraction of sp³-hybridized carbons (Fsp3) is 0.235. The molecule has 0 saturated heterocycles. The molecule has 3 heteroatoms. The van der Waals surface area contributed by atoms with Gasteiger partial charge in [-0.1, -0.05) is 30.3 Å². The first-order valence-electron chi connectivity index (χ1n) is 6.80. The van der Waals surface area contributed by atoms with Crippen molar-refractivity contribution in [1.82, 2.24) is 0 Å². The number of hydrogen-bond donors (Lipinski definition) is 1. The van der Waals surface area contributed by atoms with Crippen molar-refractivity contribution in [1.29, 1.82) is 0 Å². The van der Waals surface area contributed by atoms with Crippen LogP contribution in [0.5, 0.6) is 5.75 Å². The first kappa shape index (κ1) is 12.7. The van der Waals surface area contributed by atoms with Crippen LogP contribution >= 0.6 is 0 Å². The van der Waals surface area contributed by atoms with E-state index in [1.165, 1.54) is 0 Å². The Kier molecular flexibility index (Phi) is 3.42. The van der Waals surface area contributed by atoms with Crippen LogP contribution in [-0.2, 0) is 0 Å². The van der Waals surface area contributed by atoms with Crippen LogP contribution in [0.15, 0.2) is 48.5 Å². The van der Waals surface area contributed by atoms with Gasteiger partial charge in [0.05, 0.1) is 13.0 Å². The molecule has 0 bridgehead atoms. The summed E-state index contributed by atoms with van der Waals surface area (Å²) >= 11 is 0. The molecule has 1 heterocycles. The van der Waals surface area contributed by atoms with Crippen LogP contribution in [0, 0.1) is 0 Å². The van der Waals surface area contributed by atoms with E-state index in [1.807, 2.05) is 48.5 Å². The van der Waals surface area contributed by atoms with Crippen LogP contribution < -0.4 is 10.1 Å². The molecule has 1 N–H and O–H groups in total. The Morgan fingerprint density at radius 3 is 2.90 bits per heavy atom. The molecular weight excluding hydrogens is 250 g/mol. The number of fused-ring (bicyclic) bond motifs is 1. The second-order valence-corrected chi connectivity index (χ2v) is 4.95. The van der Waals surface area contributed by atoms with Crippen molar-refractivity contribution in [3.05, 3.63) is 59.7 Å². The summed E-state index contributed by atoms with van der Waals surface area (Å²) in [6.07, 6.45) is 0.826. The maximum absolute atomic E-state index is 12.7. The number of carbonyl (C=O) groups excluding carboxylic acids is 1. The van der Waals surface area contributed by atoms with Crippen LogP contribution in [0.2, 0.25) is 0 Å². The third-order valence-electron chi connectivity index (χ3n) is 3.76. The molecule has 2 aromatic carbocycles. The lowest BCUT2D eigenvalue weighted by Crippen LogP contribution is -2.23. The highest BCUT2D eigenvalue weighted by molar-refractivity contribution is 6.02. The smallest absolute Gasteiger partial charge is 0.170 e. The summed E-state index contributed by atoms with van der Waals surface area (Å²) in [4.78, 5) is 12.7. The third kappa shape index (κ3) is 2.27. The number of carbonyl (C=O) groups is 1. The lowest BCUT2D eigenvalue weighted by atomic mass is 9.85. The van der Waals surface area contributed by atoms with Crippen LogP contribution in [0.4, 0.5) is 5.69 Å². The van der Waals surface area contributed by atoms with Gasteiger partial charge in [-0.15, -0.1) is 0 Å². The number of nitrogens with one attached hydrogen (secondary N) is 1. The molecule has 102 valence electrons. The van der Waals surface area contributed by atoms with Gasteiger partial charge in [0.25, 0.3) is 0 Å². The summed E-state index contributed by atoms with van der Waals surface area (Å²) in [6, 6.07) is 15.4. The fourth-order valence-corrected chi connectivity index (χ4v) is 2.72. The Hall–Kier alpha value is -2.29. The van der Waals surface area contributed by atoms with Crippen molar-refractivity contribution in [3.8, 4) is 5.75 Å². The SMILES string of the molecule is COc1cccc(C(=O)C2CCNc3ccccc32)c1. The molecule has 0 fully saturated rings. The largest absolute Gasteiger partial charge is 0.497 e. The second kappa shape index (κ2) is 5.37. The van der Waals surface area contributed by atoms with Crippen LogP contribution in [0.1, 0.15) is 28.3 Å². The molecule has 1 unspecified atom stereocenters. The highest BCUT2D eigenvalue weighted by Gasteiger charge is 2.27. The normalized spacial score (nSPS) is 16.9. The van der Waals surface area contributed by atoms with E-state index in [-0.39, 0.29) is 11.7 Å². The van der Waals surface area contributed by atoms with E-state index in [0.29, 0.717) is 5.56 Å². The zero-order valence-electron chi connectivity index (χ0n) is 11.4. The molecule has 0 saturated carbocycles. The van der Waals surface area contributed by atoms with Gasteiger partial charge in [-0.25, -0.2) is 0 Å². The Morgan fingerprint density at radius 2 is 2.05 bits per heavy atom. The number of anilines is 1. The number of ether oxygens (including phenoxy) is 1. The minimum atomic E-state index is -0.0699. The lowest BCUT2D eigenvalue weighted by Gasteiger charge is -2.25. The number of para-hydroxylation sites is 1. The van der Waals surface area contributed by atoms with Crippen molar-refractivity contribution in [2.75, 3.05) is 19.0 Å². The molecule has 3 nitrogen and oxygen atoms in total. The molecule has 1 atom stereocenters. The number of methoxy groups -OCH3 is 1. The van der Waals surface area contributed by atoms with Crippen molar-refractivity contribution < 1.29 is 9.53 Å². The quantitative estimate of drug-likeness (QED) is 0.865. The maximum atomic E-state index is 12.7. The molecule has 0 radical (unpaired) electrons. The van der Waals surface area contributed by atoms with Crippen LogP contribution in [0.3, 0.4) is 0 Å². The van der Waals surface area contributed by atoms with Gasteiger partial charge in [0.1, 0.15) is 5.75 Å². The minimum Gasteiger partial charge on any atom is -0.497 e. The summed E-state index contributed by atoms with van der Waals surface area (Å²) in [7, 11) is 1.61. The Morgan fingerprint density at radius 1 is 1.20 bits per heavy atom. The topological polar surface area (TPSA) is 38.3 Å². The van der Waals surface area contributed by atoms with Gasteiger partial charge >= 0.3 is 0 Å². The van der Waals surface area contributed by atoms with E-state index >= 15 is 0 Å². The average molecular weight is 267 g/mol. The lowest BCUT2D eigenvalue weighted by molar-refractivity contribution is 0.0955. The molecule has 2 aromatic rings. The van der Waals surface area contributed by atoms with Gasteiger partial charge in [0, 0.05) is 17.8 Å². The van der Waals surface area contributed by atoms with Crippen molar-refractivity contribution in [2.45, 2.75) is 12.3 Å². The standard InChI is InChI=1S/C17H17NO2/c1-20-13-6-4-5-12(11-13)17(19)15-9-10-18-16-8-3-2-7-14(15)16/h2-8,11,15,18H,9-10H2,1H3. The zero-order chi connectivity index (χ0) is 13.9. The molecule has 1 aliphatic rings. The number of ketones is 1. The van der Waals surface area contributed by atoms with E-state index in [9.17, 15) is 4.79 Å². The number of hydrogen-bond acceptors (Lipinski definition) is 3. The summed E-state index contributed by atoms with van der Waals surface area (Å²) in [5.41, 5.74) is 2.87. The summed E-state index contributed by atoms with van der Waals surface area (Å²) in [5, 5.41) is 3.34. The molecule has 3 rings (SSSR count). The monoisotopic (exact) mass is 267 g/mol. The van der Waals surface area contributed by atoms with Gasteiger partial charge in [-0.05, 0) is 30.2 Å². The van der Waals surface area contributed by atoms with Crippen LogP contribution in [-0.4, -0.2) is 19.4 Å². The summed E-state index contributed by atoms with van der Waals surface area (Å²) in [6.45, 7) is 0.831. The van der Waals surface area contributed by atoms with Crippen molar-refractivity contribution >= 4 is 11.5 Å². The number of Topliss-reactive ketones (excluding diaryl/α,β-unsaturated/α-hetero) is 1. The predicted octanol–water partition coefficient (Wildman–Crippen LogP) is 3.48. The average Bonchev–Trinajstić information content (AvgIpc) is 2.53. The third-order valence-corrected chi connectivity index (χ3v) is 3.76. The highest BCUT2D eigenvalue weighted by atomic mass is 16.5. The minimum absolute atomic E-state index is 0.0699. The molecule has 0 spiro atoms. The van der Waals surface area contributed by atoms with Gasteiger partial charge in [-0.2, -0.15) is 0 Å². The first-order valence-corrected chi connectivity index (χ1v) is 6.80. The molecule has 0 aliphatic carbocycles. The van der Waals surface area contributed by atoms with Gasteiger partial charge in [0.2, 0.25) is 0 Å². The maximum Gasteiger partial charge on any atom is 0.170 e. The molecule has 0 aromatic heterocycles. The Labute approximate surface area is 118 Å². The first-order chi connectivity index (χ1) is 9.79. The van der Waals surface area contributed by atoms with Gasteiger partial charge in [-0.3, -0.25) is 4.79 Å². The van der Waals surface area contributed by atoms with Gasteiger partial charge in [0.15, 0.2) is 5.78 Å². The fourth-order valence-electron chi connectivity index (χ4n) is 2.72. The molecule has 0 amide bonds.